The van der Waals surface area contributed by atoms with E-state index in [1.165, 1.54) is 13.2 Å². The number of benzene rings is 1. The Labute approximate surface area is 99.4 Å². The maximum absolute atomic E-state index is 13.5. The van der Waals surface area contributed by atoms with Crippen LogP contribution in [0.15, 0.2) is 18.2 Å². The summed E-state index contributed by atoms with van der Waals surface area (Å²) in [5, 5.41) is 0.0283. The molecular weight excluding hydrogens is 231 g/mol. The molecule has 0 aliphatic heterocycles. The third kappa shape index (κ3) is 2.80. The van der Waals surface area contributed by atoms with Crippen LogP contribution < -0.4 is 0 Å². The average Bonchev–Trinajstić information content (AvgIpc) is 2.24. The van der Waals surface area contributed by atoms with Gasteiger partial charge in [-0.25, -0.2) is 4.39 Å². The number of hydrogen-bond donors (Lipinski definition) is 0. The number of ether oxygens (including phenoxy) is 1. The van der Waals surface area contributed by atoms with Crippen LogP contribution in [0, 0.1) is 5.82 Å². The highest BCUT2D eigenvalue weighted by Gasteiger charge is 2.27. The van der Waals surface area contributed by atoms with Crippen LogP contribution in [0.2, 0.25) is 5.02 Å². The molecule has 0 bridgehead atoms. The van der Waals surface area contributed by atoms with E-state index in [0.29, 0.717) is 5.56 Å². The number of carbonyl (C=O) groups excluding carboxylic acids is 1. The van der Waals surface area contributed by atoms with Crippen molar-refractivity contribution in [2.45, 2.75) is 25.9 Å². The van der Waals surface area contributed by atoms with Crippen molar-refractivity contribution in [3.63, 3.8) is 0 Å². The SMILES string of the molecule is COC(C)(C)C(=O)Cc1cccc(Cl)c1F. The molecule has 0 aliphatic rings. The van der Waals surface area contributed by atoms with E-state index in [1.54, 1.807) is 26.0 Å². The van der Waals surface area contributed by atoms with Gasteiger partial charge < -0.3 is 4.74 Å². The molecule has 0 spiro atoms. The fourth-order valence-electron chi connectivity index (χ4n) is 1.18. The summed E-state index contributed by atoms with van der Waals surface area (Å²) in [7, 11) is 1.45. The van der Waals surface area contributed by atoms with Crippen LogP contribution in [-0.4, -0.2) is 18.5 Å². The van der Waals surface area contributed by atoms with Crippen molar-refractivity contribution in [1.29, 1.82) is 0 Å². The number of methoxy groups -OCH3 is 1. The van der Waals surface area contributed by atoms with Gasteiger partial charge in [-0.1, -0.05) is 23.7 Å². The number of halogens is 2. The van der Waals surface area contributed by atoms with Crippen LogP contribution in [0.3, 0.4) is 0 Å². The van der Waals surface area contributed by atoms with Crippen molar-refractivity contribution in [3.05, 3.63) is 34.6 Å². The highest BCUT2D eigenvalue weighted by atomic mass is 35.5. The van der Waals surface area contributed by atoms with Gasteiger partial charge in [0.25, 0.3) is 0 Å². The quantitative estimate of drug-likeness (QED) is 0.814. The number of ketones is 1. The van der Waals surface area contributed by atoms with Crippen molar-refractivity contribution < 1.29 is 13.9 Å². The Hall–Kier alpha value is -0.930. The third-order valence-corrected chi connectivity index (χ3v) is 2.86. The topological polar surface area (TPSA) is 26.3 Å². The van der Waals surface area contributed by atoms with Gasteiger partial charge in [0.2, 0.25) is 0 Å². The summed E-state index contributed by atoms with van der Waals surface area (Å²) >= 11 is 5.63. The molecule has 88 valence electrons. The van der Waals surface area contributed by atoms with Crippen molar-refractivity contribution in [2.24, 2.45) is 0 Å². The molecule has 1 aromatic rings. The predicted molar refractivity (Wildman–Crippen MR) is 61.2 cm³/mol. The van der Waals surface area contributed by atoms with Crippen molar-refractivity contribution >= 4 is 17.4 Å². The molecule has 4 heteroatoms. The van der Waals surface area contributed by atoms with Gasteiger partial charge in [-0.2, -0.15) is 0 Å². The predicted octanol–water partition coefficient (Wildman–Crippen LogP) is 3.02. The fraction of sp³-hybridized carbons (Fsp3) is 0.417. The van der Waals surface area contributed by atoms with Crippen molar-refractivity contribution in [1.82, 2.24) is 0 Å². The molecule has 0 amide bonds. The van der Waals surface area contributed by atoms with Crippen LogP contribution in [0.5, 0.6) is 0 Å². The van der Waals surface area contributed by atoms with Crippen LogP contribution in [0.4, 0.5) is 4.39 Å². The summed E-state index contributed by atoms with van der Waals surface area (Å²) in [5.41, 5.74) is -0.614. The van der Waals surface area contributed by atoms with E-state index in [-0.39, 0.29) is 17.2 Å². The minimum absolute atomic E-state index is 0.0206. The Bertz CT molecular complexity index is 402. The summed E-state index contributed by atoms with van der Waals surface area (Å²) < 4.78 is 18.6. The molecule has 0 saturated carbocycles. The molecule has 1 aromatic carbocycles. The van der Waals surface area contributed by atoms with Gasteiger partial charge in [-0.3, -0.25) is 4.79 Å². The lowest BCUT2D eigenvalue weighted by atomic mass is 9.96. The van der Waals surface area contributed by atoms with Crippen molar-refractivity contribution in [2.75, 3.05) is 7.11 Å². The first-order valence-electron chi connectivity index (χ1n) is 4.90. The Balaban J connectivity index is 2.90. The van der Waals surface area contributed by atoms with E-state index in [2.05, 4.69) is 0 Å². The number of rotatable bonds is 4. The summed E-state index contributed by atoms with van der Waals surface area (Å²) in [4.78, 5) is 11.8. The van der Waals surface area contributed by atoms with Gasteiger partial charge in [-0.05, 0) is 25.5 Å². The Kier molecular flexibility index (Phi) is 4.05. The Morgan fingerprint density at radius 1 is 1.50 bits per heavy atom. The summed E-state index contributed by atoms with van der Waals surface area (Å²) in [5.74, 6) is -0.722. The molecule has 0 radical (unpaired) electrons. The van der Waals surface area contributed by atoms with E-state index in [1.807, 2.05) is 0 Å². The second-order valence-electron chi connectivity index (χ2n) is 4.03. The molecule has 2 nitrogen and oxygen atoms in total. The lowest BCUT2D eigenvalue weighted by molar-refractivity contribution is -0.136. The lowest BCUT2D eigenvalue weighted by Gasteiger charge is -2.21. The maximum atomic E-state index is 13.5. The second kappa shape index (κ2) is 4.93. The van der Waals surface area contributed by atoms with Crippen molar-refractivity contribution in [3.8, 4) is 0 Å². The monoisotopic (exact) mass is 244 g/mol. The molecule has 0 heterocycles. The molecule has 1 rings (SSSR count). The van der Waals surface area contributed by atoms with E-state index < -0.39 is 11.4 Å². The highest BCUT2D eigenvalue weighted by molar-refractivity contribution is 6.30. The second-order valence-corrected chi connectivity index (χ2v) is 4.43. The zero-order valence-corrected chi connectivity index (χ0v) is 10.3. The van der Waals surface area contributed by atoms with E-state index in [9.17, 15) is 9.18 Å². The van der Waals surface area contributed by atoms with E-state index >= 15 is 0 Å². The number of carbonyl (C=O) groups is 1. The summed E-state index contributed by atoms with van der Waals surface area (Å²) in [6.07, 6.45) is -0.0206. The molecule has 0 aliphatic carbocycles. The molecule has 16 heavy (non-hydrogen) atoms. The average molecular weight is 245 g/mol. The van der Waals surface area contributed by atoms with Gasteiger partial charge in [0.1, 0.15) is 11.4 Å². The molecule has 0 N–H and O–H groups in total. The zero-order valence-electron chi connectivity index (χ0n) is 9.51. The van der Waals surface area contributed by atoms with E-state index in [0.717, 1.165) is 0 Å². The molecule has 0 aromatic heterocycles. The minimum Gasteiger partial charge on any atom is -0.371 e. The number of hydrogen-bond acceptors (Lipinski definition) is 2. The maximum Gasteiger partial charge on any atom is 0.168 e. The molecular formula is C12H14ClFO2. The standard InChI is InChI=1S/C12H14ClFO2/c1-12(2,16-3)10(15)7-8-5-4-6-9(13)11(8)14/h4-6H,7H2,1-3H3. The fourth-order valence-corrected chi connectivity index (χ4v) is 1.38. The Morgan fingerprint density at radius 2 is 2.12 bits per heavy atom. The van der Waals surface area contributed by atoms with Crippen LogP contribution >= 0.6 is 11.6 Å². The number of Topliss-reactive ketones (excluding diaryl/α,β-unsaturated/α-hetero) is 1. The lowest BCUT2D eigenvalue weighted by Crippen LogP contribution is -2.35. The first-order chi connectivity index (χ1) is 7.38. The first-order valence-corrected chi connectivity index (χ1v) is 5.27. The third-order valence-electron chi connectivity index (χ3n) is 2.56. The smallest absolute Gasteiger partial charge is 0.168 e. The van der Waals surface area contributed by atoms with Gasteiger partial charge in [0.05, 0.1) is 5.02 Å². The van der Waals surface area contributed by atoms with Crippen LogP contribution in [0.1, 0.15) is 19.4 Å². The summed E-state index contributed by atoms with van der Waals surface area (Å²) in [6, 6.07) is 4.62. The normalized spacial score (nSPS) is 11.6. The largest absolute Gasteiger partial charge is 0.371 e. The minimum atomic E-state index is -0.908. The van der Waals surface area contributed by atoms with Crippen LogP contribution in [0.25, 0.3) is 0 Å². The first kappa shape index (κ1) is 13.1. The van der Waals surface area contributed by atoms with Gasteiger partial charge in [0.15, 0.2) is 5.78 Å². The highest BCUT2D eigenvalue weighted by Crippen LogP contribution is 2.20. The van der Waals surface area contributed by atoms with Gasteiger partial charge in [-0.15, -0.1) is 0 Å². The summed E-state index contributed by atoms with van der Waals surface area (Å²) in [6.45, 7) is 3.30. The molecule has 0 unspecified atom stereocenters. The van der Waals surface area contributed by atoms with Crippen LogP contribution in [-0.2, 0) is 16.0 Å². The van der Waals surface area contributed by atoms with E-state index in [4.69, 9.17) is 16.3 Å². The van der Waals surface area contributed by atoms with Gasteiger partial charge >= 0.3 is 0 Å². The molecule has 0 saturated heterocycles. The van der Waals surface area contributed by atoms with Gasteiger partial charge in [0, 0.05) is 13.5 Å². The Morgan fingerprint density at radius 3 is 2.69 bits per heavy atom. The zero-order chi connectivity index (χ0) is 12.3. The molecule has 0 atom stereocenters. The molecule has 0 fully saturated rings.